The second-order valence-electron chi connectivity index (χ2n) is 14.7. The first-order chi connectivity index (χ1) is 28.8. The van der Waals surface area contributed by atoms with Gasteiger partial charge in [-0.2, -0.15) is 0 Å². The predicted molar refractivity (Wildman–Crippen MR) is 229 cm³/mol. The Hall–Kier alpha value is -7.83. The number of benzene rings is 8. The summed E-state index contributed by atoms with van der Waals surface area (Å²) in [4.78, 5) is 15.2. The largest absolute Gasteiger partial charge is 0.457 e. The molecule has 1 spiro atoms. The van der Waals surface area contributed by atoms with E-state index in [9.17, 15) is 0 Å². The van der Waals surface area contributed by atoms with Gasteiger partial charge in [0.05, 0.1) is 16.8 Å². The number of fused-ring (bicyclic) bond motifs is 11. The van der Waals surface area contributed by atoms with E-state index in [1.54, 1.807) is 0 Å². The van der Waals surface area contributed by atoms with Gasteiger partial charge in [-0.15, -0.1) is 0 Å². The van der Waals surface area contributed by atoms with Crippen LogP contribution in [0.15, 0.2) is 188 Å². The number of hydrogen-bond donors (Lipinski definition) is 1. The summed E-state index contributed by atoms with van der Waals surface area (Å²) in [6, 6.07) is 64.8. The molecule has 0 atom stereocenters. The Labute approximate surface area is 335 Å². The molecule has 58 heavy (non-hydrogen) atoms. The molecule has 0 unspecified atom stereocenters. The van der Waals surface area contributed by atoms with E-state index in [0.29, 0.717) is 23.2 Å². The maximum atomic E-state index is 7.00. The average Bonchev–Trinajstić information content (AvgIpc) is 3.59. The standard InChI is InChI=1S/C52H32N4O2/c1-3-16-32(17-4-1)49-54-50(33-18-5-2-6-19-33)56-51(55-49)37-31-30-35(48-47(37)53-42-26-11-14-29-45(42)58-48)34-21-15-25-41-46(34)36-20-7-8-22-38(36)52(41)39-23-9-12-27-43(39)57-44-28-13-10-24-40(44)52/h1-31,53H. The summed E-state index contributed by atoms with van der Waals surface area (Å²) in [6.07, 6.45) is 0. The first-order valence-electron chi connectivity index (χ1n) is 19.4. The van der Waals surface area contributed by atoms with Crippen molar-refractivity contribution in [1.29, 1.82) is 0 Å². The fourth-order valence-electron chi connectivity index (χ4n) is 9.17. The van der Waals surface area contributed by atoms with Gasteiger partial charge >= 0.3 is 0 Å². The van der Waals surface area contributed by atoms with Gasteiger partial charge in [0.15, 0.2) is 29.0 Å². The quantitative estimate of drug-likeness (QED) is 0.193. The number of rotatable bonds is 4. The van der Waals surface area contributed by atoms with E-state index in [1.807, 2.05) is 97.1 Å². The van der Waals surface area contributed by atoms with Crippen molar-refractivity contribution < 1.29 is 9.47 Å². The lowest BCUT2D eigenvalue weighted by Gasteiger charge is -2.39. The summed E-state index contributed by atoms with van der Waals surface area (Å²) in [7, 11) is 0. The molecule has 1 N–H and O–H groups in total. The van der Waals surface area contributed by atoms with Gasteiger partial charge in [0.2, 0.25) is 0 Å². The summed E-state index contributed by atoms with van der Waals surface area (Å²) < 4.78 is 13.6. The first kappa shape index (κ1) is 32.4. The van der Waals surface area contributed by atoms with Crippen molar-refractivity contribution in [3.05, 3.63) is 210 Å². The van der Waals surface area contributed by atoms with Crippen LogP contribution in [-0.2, 0) is 5.41 Å². The van der Waals surface area contributed by atoms with Crippen molar-refractivity contribution in [2.24, 2.45) is 0 Å². The second-order valence-corrected chi connectivity index (χ2v) is 14.7. The van der Waals surface area contributed by atoms with Gasteiger partial charge in [-0.1, -0.05) is 152 Å². The molecule has 8 aromatic carbocycles. The molecule has 6 nitrogen and oxygen atoms in total. The molecule has 0 saturated heterocycles. The van der Waals surface area contributed by atoms with E-state index in [2.05, 4.69) is 96.3 Å². The zero-order valence-electron chi connectivity index (χ0n) is 31.1. The minimum absolute atomic E-state index is 0.545. The zero-order valence-corrected chi connectivity index (χ0v) is 31.1. The number of hydrogen-bond acceptors (Lipinski definition) is 6. The minimum atomic E-state index is -0.592. The lowest BCUT2D eigenvalue weighted by molar-refractivity contribution is 0.436. The Morgan fingerprint density at radius 1 is 0.362 bits per heavy atom. The van der Waals surface area contributed by atoms with Gasteiger partial charge in [-0.25, -0.2) is 15.0 Å². The van der Waals surface area contributed by atoms with Crippen molar-refractivity contribution in [3.63, 3.8) is 0 Å². The number of ether oxygens (including phenoxy) is 2. The maximum absolute atomic E-state index is 7.00. The summed E-state index contributed by atoms with van der Waals surface area (Å²) in [5.41, 5.74) is 12.7. The van der Waals surface area contributed by atoms with Crippen LogP contribution >= 0.6 is 0 Å². The summed E-state index contributed by atoms with van der Waals surface area (Å²) in [5.74, 6) is 4.92. The van der Waals surface area contributed by atoms with Gasteiger partial charge in [-0.3, -0.25) is 0 Å². The molecular weight excluding hydrogens is 713 g/mol. The van der Waals surface area contributed by atoms with Crippen LogP contribution in [0.4, 0.5) is 11.4 Å². The third kappa shape index (κ3) is 4.69. The van der Waals surface area contributed by atoms with Crippen molar-refractivity contribution in [1.82, 2.24) is 15.0 Å². The third-order valence-electron chi connectivity index (χ3n) is 11.6. The van der Waals surface area contributed by atoms with Crippen LogP contribution in [-0.4, -0.2) is 15.0 Å². The van der Waals surface area contributed by atoms with Crippen LogP contribution in [0.2, 0.25) is 0 Å². The topological polar surface area (TPSA) is 69.2 Å². The Bertz CT molecular complexity index is 3000. The van der Waals surface area contributed by atoms with Gasteiger partial charge in [-0.05, 0) is 64.2 Å². The van der Waals surface area contributed by atoms with Crippen LogP contribution in [0.25, 0.3) is 56.4 Å². The lowest BCUT2D eigenvalue weighted by atomic mass is 9.66. The minimum Gasteiger partial charge on any atom is -0.457 e. The SMILES string of the molecule is c1ccc(-c2nc(-c3ccccc3)nc(-c3ccc(-c4cccc5c4-c4ccccc4C54c5ccccc5Oc5ccccc54)c4c3Nc3ccccc3O4)n2)cc1. The second kappa shape index (κ2) is 12.6. The van der Waals surface area contributed by atoms with Crippen molar-refractivity contribution in [3.8, 4) is 79.4 Å². The van der Waals surface area contributed by atoms with Crippen LogP contribution in [0, 0.1) is 0 Å². The maximum Gasteiger partial charge on any atom is 0.166 e. The predicted octanol–water partition coefficient (Wildman–Crippen LogP) is 12.9. The Morgan fingerprint density at radius 2 is 0.879 bits per heavy atom. The van der Waals surface area contributed by atoms with Crippen molar-refractivity contribution in [2.75, 3.05) is 5.32 Å². The molecule has 2 aliphatic heterocycles. The van der Waals surface area contributed by atoms with E-state index in [-0.39, 0.29) is 0 Å². The third-order valence-corrected chi connectivity index (χ3v) is 11.6. The number of para-hydroxylation sites is 4. The average molecular weight is 745 g/mol. The van der Waals surface area contributed by atoms with Gasteiger partial charge < -0.3 is 14.8 Å². The van der Waals surface area contributed by atoms with E-state index >= 15 is 0 Å². The number of nitrogens with one attached hydrogen (secondary N) is 1. The molecule has 0 amide bonds. The fraction of sp³-hybridized carbons (Fsp3) is 0.0192. The summed E-state index contributed by atoms with van der Waals surface area (Å²) >= 11 is 0. The van der Waals surface area contributed by atoms with E-state index in [0.717, 1.165) is 67.6 Å². The number of anilines is 2. The molecule has 1 aliphatic carbocycles. The number of aromatic nitrogens is 3. The molecule has 272 valence electrons. The highest BCUT2D eigenvalue weighted by Crippen LogP contribution is 2.64. The van der Waals surface area contributed by atoms with Crippen molar-refractivity contribution in [2.45, 2.75) is 5.41 Å². The fourth-order valence-corrected chi connectivity index (χ4v) is 9.17. The highest BCUT2D eigenvalue weighted by atomic mass is 16.5. The first-order valence-corrected chi connectivity index (χ1v) is 19.4. The highest BCUT2D eigenvalue weighted by molar-refractivity contribution is 6.01. The van der Waals surface area contributed by atoms with Crippen LogP contribution in [0.1, 0.15) is 22.3 Å². The lowest BCUT2D eigenvalue weighted by Crippen LogP contribution is -2.32. The Morgan fingerprint density at radius 3 is 1.57 bits per heavy atom. The summed E-state index contributed by atoms with van der Waals surface area (Å²) in [6.45, 7) is 0. The molecule has 0 saturated carbocycles. The van der Waals surface area contributed by atoms with Crippen LogP contribution in [0.3, 0.4) is 0 Å². The molecule has 12 rings (SSSR count). The Kier molecular flexibility index (Phi) is 7.04. The van der Waals surface area contributed by atoms with Gasteiger partial charge in [0.25, 0.3) is 0 Å². The van der Waals surface area contributed by atoms with E-state index in [4.69, 9.17) is 24.4 Å². The van der Waals surface area contributed by atoms with E-state index < -0.39 is 5.41 Å². The van der Waals surface area contributed by atoms with E-state index in [1.165, 1.54) is 22.3 Å². The van der Waals surface area contributed by atoms with Gasteiger partial charge in [0, 0.05) is 33.4 Å². The molecule has 3 heterocycles. The number of nitrogens with zero attached hydrogens (tertiary/aromatic N) is 3. The molecule has 0 fully saturated rings. The molecule has 1 aromatic heterocycles. The van der Waals surface area contributed by atoms with Gasteiger partial charge in [0.1, 0.15) is 11.5 Å². The van der Waals surface area contributed by atoms with Crippen molar-refractivity contribution >= 4 is 11.4 Å². The molecule has 9 aromatic rings. The molecule has 0 radical (unpaired) electrons. The normalized spacial score (nSPS) is 13.4. The zero-order chi connectivity index (χ0) is 38.2. The van der Waals surface area contributed by atoms with Crippen LogP contribution in [0.5, 0.6) is 23.0 Å². The monoisotopic (exact) mass is 744 g/mol. The molecule has 6 heteroatoms. The highest BCUT2D eigenvalue weighted by Gasteiger charge is 2.51. The summed E-state index contributed by atoms with van der Waals surface area (Å²) in [5, 5.41) is 3.76. The molecule has 0 bridgehead atoms. The Balaban J connectivity index is 1.12. The molecular formula is C52H32N4O2. The van der Waals surface area contributed by atoms with Crippen LogP contribution < -0.4 is 14.8 Å². The molecule has 3 aliphatic rings. The smallest absolute Gasteiger partial charge is 0.166 e.